The zero-order chi connectivity index (χ0) is 13.6. The van der Waals surface area contributed by atoms with Gasteiger partial charge in [0.2, 0.25) is 0 Å². The summed E-state index contributed by atoms with van der Waals surface area (Å²) in [6.07, 6.45) is 8.87. The molecule has 2 rings (SSSR count). The molecule has 0 amide bonds. The van der Waals surface area contributed by atoms with E-state index in [0.717, 1.165) is 6.54 Å². The summed E-state index contributed by atoms with van der Waals surface area (Å²) < 4.78 is 0. The van der Waals surface area contributed by atoms with Gasteiger partial charge in [0, 0.05) is 17.7 Å². The highest BCUT2D eigenvalue weighted by Gasteiger charge is 2.24. The van der Waals surface area contributed by atoms with E-state index < -0.39 is 0 Å². The summed E-state index contributed by atoms with van der Waals surface area (Å²) >= 11 is 0. The van der Waals surface area contributed by atoms with Crippen LogP contribution >= 0.6 is 0 Å². The van der Waals surface area contributed by atoms with E-state index in [2.05, 4.69) is 44.2 Å². The fourth-order valence-corrected chi connectivity index (χ4v) is 2.95. The molecule has 0 spiro atoms. The lowest BCUT2D eigenvalue weighted by atomic mass is 9.79. The number of rotatable bonds is 4. The van der Waals surface area contributed by atoms with Gasteiger partial charge in [-0.1, -0.05) is 57.0 Å². The van der Waals surface area contributed by atoms with E-state index in [4.69, 9.17) is 4.99 Å². The molecule has 1 aromatic rings. The van der Waals surface area contributed by atoms with Gasteiger partial charge in [0.1, 0.15) is 0 Å². The van der Waals surface area contributed by atoms with E-state index in [0.29, 0.717) is 5.41 Å². The Balaban J connectivity index is 1.89. The lowest BCUT2D eigenvalue weighted by molar-refractivity contribution is 0.424. The first-order valence-corrected chi connectivity index (χ1v) is 7.76. The molecule has 0 unspecified atom stereocenters. The Bertz CT molecular complexity index is 403. The van der Waals surface area contributed by atoms with Crippen LogP contribution in [0.1, 0.15) is 57.9 Å². The second-order valence-electron chi connectivity index (χ2n) is 6.36. The SMILES string of the molecule is CC1(C)CCCCCN=C1CCCc1ccccc1. The number of nitrogens with zero attached hydrogens (tertiary/aromatic N) is 1. The topological polar surface area (TPSA) is 12.4 Å². The van der Waals surface area contributed by atoms with E-state index in [1.807, 2.05) is 0 Å². The van der Waals surface area contributed by atoms with E-state index in [1.54, 1.807) is 0 Å². The highest BCUT2D eigenvalue weighted by atomic mass is 14.8. The Morgan fingerprint density at radius 3 is 2.58 bits per heavy atom. The van der Waals surface area contributed by atoms with Crippen molar-refractivity contribution in [1.82, 2.24) is 0 Å². The maximum absolute atomic E-state index is 4.88. The molecule has 0 radical (unpaired) electrons. The van der Waals surface area contributed by atoms with E-state index in [9.17, 15) is 0 Å². The first kappa shape index (κ1) is 14.3. The summed E-state index contributed by atoms with van der Waals surface area (Å²) in [5.41, 5.74) is 3.23. The van der Waals surface area contributed by atoms with Gasteiger partial charge in [0.15, 0.2) is 0 Å². The van der Waals surface area contributed by atoms with Crippen LogP contribution in [0, 0.1) is 5.41 Å². The minimum atomic E-state index is 0.317. The Kier molecular flexibility index (Phi) is 5.18. The fraction of sp³-hybridized carbons (Fsp3) is 0.611. The van der Waals surface area contributed by atoms with E-state index in [-0.39, 0.29) is 0 Å². The molecule has 1 nitrogen and oxygen atoms in total. The predicted molar refractivity (Wildman–Crippen MR) is 83.9 cm³/mol. The van der Waals surface area contributed by atoms with Crippen molar-refractivity contribution in [3.05, 3.63) is 35.9 Å². The van der Waals surface area contributed by atoms with Gasteiger partial charge in [0.25, 0.3) is 0 Å². The molecule has 1 aliphatic heterocycles. The zero-order valence-corrected chi connectivity index (χ0v) is 12.5. The molecule has 19 heavy (non-hydrogen) atoms. The van der Waals surface area contributed by atoms with Crippen molar-refractivity contribution in [2.24, 2.45) is 10.4 Å². The van der Waals surface area contributed by atoms with Gasteiger partial charge in [0.05, 0.1) is 0 Å². The molecular formula is C18H27N. The monoisotopic (exact) mass is 257 g/mol. The Morgan fingerprint density at radius 1 is 1.00 bits per heavy atom. The van der Waals surface area contributed by atoms with Crippen LogP contribution in [0.15, 0.2) is 35.3 Å². The van der Waals surface area contributed by atoms with Gasteiger partial charge < -0.3 is 0 Å². The second-order valence-corrected chi connectivity index (χ2v) is 6.36. The quantitative estimate of drug-likeness (QED) is 0.715. The molecule has 1 aromatic carbocycles. The van der Waals surface area contributed by atoms with E-state index in [1.165, 1.54) is 56.2 Å². The maximum atomic E-state index is 4.88. The van der Waals surface area contributed by atoms with Gasteiger partial charge in [-0.25, -0.2) is 0 Å². The molecule has 0 bridgehead atoms. The molecule has 0 atom stereocenters. The van der Waals surface area contributed by atoms with Crippen LogP contribution in [0.2, 0.25) is 0 Å². The lowest BCUT2D eigenvalue weighted by Crippen LogP contribution is -2.26. The van der Waals surface area contributed by atoms with Gasteiger partial charge in [-0.3, -0.25) is 4.99 Å². The average Bonchev–Trinajstić information content (AvgIpc) is 2.39. The zero-order valence-electron chi connectivity index (χ0n) is 12.5. The average molecular weight is 257 g/mol. The molecule has 1 aliphatic rings. The van der Waals surface area contributed by atoms with Gasteiger partial charge in [-0.05, 0) is 37.7 Å². The number of aryl methyl sites for hydroxylation is 1. The molecule has 104 valence electrons. The number of aliphatic imine (C=N–C) groups is 1. The third-order valence-electron chi connectivity index (χ3n) is 4.27. The molecule has 1 heterocycles. The fourth-order valence-electron chi connectivity index (χ4n) is 2.95. The van der Waals surface area contributed by atoms with E-state index >= 15 is 0 Å². The first-order chi connectivity index (χ1) is 9.18. The number of hydrogen-bond donors (Lipinski definition) is 0. The van der Waals surface area contributed by atoms with Crippen LogP contribution in [-0.4, -0.2) is 12.3 Å². The van der Waals surface area contributed by atoms with Crippen LogP contribution < -0.4 is 0 Å². The van der Waals surface area contributed by atoms with Gasteiger partial charge >= 0.3 is 0 Å². The maximum Gasteiger partial charge on any atom is 0.0388 e. The summed E-state index contributed by atoms with van der Waals surface area (Å²) in [6, 6.07) is 10.8. The summed E-state index contributed by atoms with van der Waals surface area (Å²) in [6.45, 7) is 5.80. The smallest absolute Gasteiger partial charge is 0.0388 e. The van der Waals surface area contributed by atoms with Crippen molar-refractivity contribution in [2.75, 3.05) is 6.54 Å². The lowest BCUT2D eigenvalue weighted by Gasteiger charge is -2.29. The van der Waals surface area contributed by atoms with Crippen molar-refractivity contribution >= 4 is 5.71 Å². The van der Waals surface area contributed by atoms with Crippen molar-refractivity contribution in [2.45, 2.75) is 58.8 Å². The standard InChI is InChI=1S/C18H27N/c1-18(2)14-7-4-8-15-19-17(18)13-9-12-16-10-5-3-6-11-16/h3,5-6,10-11H,4,7-9,12-15H2,1-2H3. The minimum Gasteiger partial charge on any atom is -0.294 e. The molecular weight excluding hydrogens is 230 g/mol. The molecule has 0 aliphatic carbocycles. The van der Waals surface area contributed by atoms with Crippen molar-refractivity contribution < 1.29 is 0 Å². The normalized spacial score (nSPS) is 19.4. The summed E-state index contributed by atoms with van der Waals surface area (Å²) in [5, 5.41) is 0. The van der Waals surface area contributed by atoms with Crippen LogP contribution in [0.4, 0.5) is 0 Å². The van der Waals surface area contributed by atoms with Gasteiger partial charge in [-0.2, -0.15) is 0 Å². The molecule has 0 saturated heterocycles. The third kappa shape index (κ3) is 4.49. The van der Waals surface area contributed by atoms with Crippen molar-refractivity contribution in [3.63, 3.8) is 0 Å². The minimum absolute atomic E-state index is 0.317. The molecule has 0 aromatic heterocycles. The first-order valence-electron chi connectivity index (χ1n) is 7.76. The van der Waals surface area contributed by atoms with Crippen LogP contribution in [0.3, 0.4) is 0 Å². The highest BCUT2D eigenvalue weighted by molar-refractivity contribution is 5.89. The largest absolute Gasteiger partial charge is 0.294 e. The Morgan fingerprint density at radius 2 is 1.79 bits per heavy atom. The summed E-state index contributed by atoms with van der Waals surface area (Å²) in [7, 11) is 0. The Hall–Kier alpha value is -1.11. The van der Waals surface area contributed by atoms with Gasteiger partial charge in [-0.15, -0.1) is 0 Å². The third-order valence-corrected chi connectivity index (χ3v) is 4.27. The molecule has 1 heteroatoms. The highest BCUT2D eigenvalue weighted by Crippen LogP contribution is 2.30. The van der Waals surface area contributed by atoms with Crippen molar-refractivity contribution in [1.29, 1.82) is 0 Å². The molecule has 0 fully saturated rings. The summed E-state index contributed by atoms with van der Waals surface area (Å²) in [4.78, 5) is 4.88. The van der Waals surface area contributed by atoms with Crippen LogP contribution in [0.5, 0.6) is 0 Å². The van der Waals surface area contributed by atoms with Crippen molar-refractivity contribution in [3.8, 4) is 0 Å². The second kappa shape index (κ2) is 6.88. The predicted octanol–water partition coefficient (Wildman–Crippen LogP) is 5.05. The number of benzene rings is 1. The Labute approximate surface area is 118 Å². The molecule has 0 N–H and O–H groups in total. The molecule has 0 saturated carbocycles. The van der Waals surface area contributed by atoms with Crippen LogP contribution in [0.25, 0.3) is 0 Å². The van der Waals surface area contributed by atoms with Crippen LogP contribution in [-0.2, 0) is 6.42 Å². The summed E-state index contributed by atoms with van der Waals surface area (Å²) in [5.74, 6) is 0. The number of hydrogen-bond acceptors (Lipinski definition) is 1.